The van der Waals surface area contributed by atoms with Gasteiger partial charge in [0.1, 0.15) is 17.5 Å². The number of nitrogens with one attached hydrogen (secondary N) is 1. The molecular formula is C9H6ClF2N3. The molecule has 1 aromatic carbocycles. The Morgan fingerprint density at radius 1 is 1.20 bits per heavy atom. The van der Waals surface area contributed by atoms with Gasteiger partial charge in [0, 0.05) is 17.7 Å². The quantitative estimate of drug-likeness (QED) is 0.739. The summed E-state index contributed by atoms with van der Waals surface area (Å²) in [5.41, 5.74) is 5.85. The number of nitrogens with two attached hydrogens (primary N) is 1. The highest BCUT2D eigenvalue weighted by Crippen LogP contribution is 2.27. The van der Waals surface area contributed by atoms with Gasteiger partial charge in [-0.3, -0.25) is 5.10 Å². The molecule has 0 amide bonds. The van der Waals surface area contributed by atoms with Gasteiger partial charge >= 0.3 is 0 Å². The van der Waals surface area contributed by atoms with Gasteiger partial charge in [-0.2, -0.15) is 5.10 Å². The molecule has 0 aliphatic heterocycles. The number of nitrogen functional groups attached to an aromatic ring is 1. The van der Waals surface area contributed by atoms with E-state index in [1.54, 1.807) is 0 Å². The van der Waals surface area contributed by atoms with Gasteiger partial charge in [-0.1, -0.05) is 11.6 Å². The van der Waals surface area contributed by atoms with Crippen LogP contribution in [0.1, 0.15) is 0 Å². The van der Waals surface area contributed by atoms with Crippen LogP contribution in [0.4, 0.5) is 14.6 Å². The normalized spacial score (nSPS) is 10.6. The molecular weight excluding hydrogens is 224 g/mol. The van der Waals surface area contributed by atoms with Crippen molar-refractivity contribution in [3.05, 3.63) is 34.9 Å². The SMILES string of the molecule is Nc1cc(-c2cc(Cl)c(F)cc2F)[nH]n1. The molecule has 0 aliphatic carbocycles. The Hall–Kier alpha value is -1.62. The molecule has 0 unspecified atom stereocenters. The highest BCUT2D eigenvalue weighted by molar-refractivity contribution is 6.31. The van der Waals surface area contributed by atoms with Crippen molar-refractivity contribution in [1.82, 2.24) is 10.2 Å². The van der Waals surface area contributed by atoms with E-state index in [-0.39, 0.29) is 16.4 Å². The predicted octanol–water partition coefficient (Wildman–Crippen LogP) is 2.59. The third-order valence-electron chi connectivity index (χ3n) is 1.90. The highest BCUT2D eigenvalue weighted by Gasteiger charge is 2.11. The fourth-order valence-corrected chi connectivity index (χ4v) is 1.37. The van der Waals surface area contributed by atoms with E-state index in [9.17, 15) is 8.78 Å². The molecule has 1 aromatic heterocycles. The molecule has 2 rings (SSSR count). The molecule has 1 heterocycles. The Labute approximate surface area is 88.9 Å². The zero-order valence-corrected chi connectivity index (χ0v) is 8.15. The lowest BCUT2D eigenvalue weighted by molar-refractivity contribution is 0.585. The van der Waals surface area contributed by atoms with E-state index in [2.05, 4.69) is 10.2 Å². The first-order valence-electron chi connectivity index (χ1n) is 4.03. The van der Waals surface area contributed by atoms with Gasteiger partial charge in [-0.15, -0.1) is 0 Å². The summed E-state index contributed by atoms with van der Waals surface area (Å²) in [6.07, 6.45) is 0. The Kier molecular flexibility index (Phi) is 2.32. The second-order valence-corrected chi connectivity index (χ2v) is 3.36. The van der Waals surface area contributed by atoms with Gasteiger partial charge in [-0.05, 0) is 6.07 Å². The molecule has 0 saturated heterocycles. The topological polar surface area (TPSA) is 54.7 Å². The molecule has 0 saturated carbocycles. The number of H-pyrrole nitrogens is 1. The number of aromatic amines is 1. The first kappa shape index (κ1) is 9.92. The Bertz CT molecular complexity index is 510. The molecule has 0 atom stereocenters. The van der Waals surface area contributed by atoms with Gasteiger partial charge in [0.05, 0.1) is 10.7 Å². The molecule has 0 aliphatic rings. The van der Waals surface area contributed by atoms with Gasteiger partial charge in [-0.25, -0.2) is 8.78 Å². The van der Waals surface area contributed by atoms with Crippen molar-refractivity contribution in [1.29, 1.82) is 0 Å². The summed E-state index contributed by atoms with van der Waals surface area (Å²) in [7, 11) is 0. The lowest BCUT2D eigenvalue weighted by Crippen LogP contribution is -1.88. The van der Waals surface area contributed by atoms with E-state index in [1.165, 1.54) is 12.1 Å². The van der Waals surface area contributed by atoms with Crippen LogP contribution in [0.5, 0.6) is 0 Å². The van der Waals surface area contributed by atoms with Crippen LogP contribution in [-0.2, 0) is 0 Å². The second kappa shape index (κ2) is 3.51. The summed E-state index contributed by atoms with van der Waals surface area (Å²) < 4.78 is 26.2. The minimum absolute atomic E-state index is 0.130. The Morgan fingerprint density at radius 2 is 1.93 bits per heavy atom. The smallest absolute Gasteiger partial charge is 0.145 e. The van der Waals surface area contributed by atoms with Gasteiger partial charge in [0.25, 0.3) is 0 Å². The molecule has 15 heavy (non-hydrogen) atoms. The first-order chi connectivity index (χ1) is 7.08. The number of hydrogen-bond donors (Lipinski definition) is 2. The minimum Gasteiger partial charge on any atom is -0.382 e. The Balaban J connectivity index is 2.58. The van der Waals surface area contributed by atoms with Crippen LogP contribution in [0.2, 0.25) is 5.02 Å². The van der Waals surface area contributed by atoms with E-state index in [1.807, 2.05) is 0 Å². The summed E-state index contributed by atoms with van der Waals surface area (Å²) in [6, 6.07) is 3.33. The third-order valence-corrected chi connectivity index (χ3v) is 2.19. The zero-order valence-electron chi connectivity index (χ0n) is 7.39. The number of benzene rings is 1. The van der Waals surface area contributed by atoms with E-state index in [0.717, 1.165) is 0 Å². The summed E-state index contributed by atoms with van der Waals surface area (Å²) in [5, 5.41) is 6.00. The molecule has 3 nitrogen and oxygen atoms in total. The minimum atomic E-state index is -0.801. The highest BCUT2D eigenvalue weighted by atomic mass is 35.5. The lowest BCUT2D eigenvalue weighted by atomic mass is 10.1. The van der Waals surface area contributed by atoms with Crippen LogP contribution in [0.15, 0.2) is 18.2 Å². The van der Waals surface area contributed by atoms with Gasteiger partial charge < -0.3 is 5.73 Å². The number of hydrogen-bond acceptors (Lipinski definition) is 2. The molecule has 78 valence electrons. The number of rotatable bonds is 1. The molecule has 0 spiro atoms. The van der Waals surface area contributed by atoms with Crippen molar-refractivity contribution in [3.8, 4) is 11.3 Å². The van der Waals surface area contributed by atoms with Crippen LogP contribution in [0.25, 0.3) is 11.3 Å². The Morgan fingerprint density at radius 3 is 2.53 bits per heavy atom. The number of halogens is 3. The van der Waals surface area contributed by atoms with Crippen molar-refractivity contribution < 1.29 is 8.78 Å². The van der Waals surface area contributed by atoms with Crippen molar-refractivity contribution in [2.45, 2.75) is 0 Å². The third kappa shape index (κ3) is 1.78. The summed E-state index contributed by atoms with van der Waals surface area (Å²) >= 11 is 5.54. The van der Waals surface area contributed by atoms with E-state index >= 15 is 0 Å². The van der Waals surface area contributed by atoms with Crippen molar-refractivity contribution >= 4 is 17.4 Å². The maximum absolute atomic E-state index is 13.3. The second-order valence-electron chi connectivity index (χ2n) is 2.95. The molecule has 2 aromatic rings. The van der Waals surface area contributed by atoms with E-state index in [4.69, 9.17) is 17.3 Å². The summed E-state index contributed by atoms with van der Waals surface area (Å²) in [6.45, 7) is 0. The fraction of sp³-hybridized carbons (Fsp3) is 0. The van der Waals surface area contributed by atoms with Gasteiger partial charge in [0.15, 0.2) is 0 Å². The maximum atomic E-state index is 13.3. The number of anilines is 1. The van der Waals surface area contributed by atoms with Crippen LogP contribution < -0.4 is 5.73 Å². The number of aromatic nitrogens is 2. The number of nitrogens with zero attached hydrogens (tertiary/aromatic N) is 1. The fourth-order valence-electron chi connectivity index (χ4n) is 1.20. The molecule has 0 fully saturated rings. The maximum Gasteiger partial charge on any atom is 0.145 e. The van der Waals surface area contributed by atoms with Crippen LogP contribution >= 0.6 is 11.6 Å². The average molecular weight is 230 g/mol. The van der Waals surface area contributed by atoms with Crippen molar-refractivity contribution in [3.63, 3.8) is 0 Å². The molecule has 6 heteroatoms. The monoisotopic (exact) mass is 229 g/mol. The molecule has 0 radical (unpaired) electrons. The molecule has 0 bridgehead atoms. The largest absolute Gasteiger partial charge is 0.382 e. The van der Waals surface area contributed by atoms with Crippen molar-refractivity contribution in [2.75, 3.05) is 5.73 Å². The van der Waals surface area contributed by atoms with E-state index < -0.39 is 11.6 Å². The molecule has 3 N–H and O–H groups in total. The standard InChI is InChI=1S/C9H6ClF2N3/c10-5-1-4(6(11)2-7(5)12)8-3-9(13)15-14-8/h1-3H,(H3,13,14,15). The first-order valence-corrected chi connectivity index (χ1v) is 4.41. The van der Waals surface area contributed by atoms with Crippen LogP contribution in [0.3, 0.4) is 0 Å². The van der Waals surface area contributed by atoms with Gasteiger partial charge in [0.2, 0.25) is 0 Å². The zero-order chi connectivity index (χ0) is 11.0. The summed E-state index contributed by atoms with van der Waals surface area (Å²) in [4.78, 5) is 0. The lowest BCUT2D eigenvalue weighted by Gasteiger charge is -2.01. The van der Waals surface area contributed by atoms with Crippen molar-refractivity contribution in [2.24, 2.45) is 0 Å². The van der Waals surface area contributed by atoms with E-state index in [0.29, 0.717) is 11.8 Å². The predicted molar refractivity (Wildman–Crippen MR) is 53.4 cm³/mol. The van der Waals surface area contributed by atoms with Crippen LogP contribution in [0, 0.1) is 11.6 Å². The average Bonchev–Trinajstić information content (AvgIpc) is 2.58. The summed E-state index contributed by atoms with van der Waals surface area (Å²) in [5.74, 6) is -1.30. The van der Waals surface area contributed by atoms with Crippen LogP contribution in [-0.4, -0.2) is 10.2 Å².